The smallest absolute Gasteiger partial charge is 0.331 e. The SMILES string of the molecule is [2H]c1cnc2cnc(C(=CC(=O)OCC)c3ccccc3)nc2n1. The first-order valence-corrected chi connectivity index (χ1v) is 7.08. The Morgan fingerprint density at radius 2 is 2.09 bits per heavy atom. The molecule has 3 rings (SSSR count). The zero-order valence-corrected chi connectivity index (χ0v) is 12.4. The van der Waals surface area contributed by atoms with E-state index in [0.717, 1.165) is 5.56 Å². The topological polar surface area (TPSA) is 77.9 Å². The maximum absolute atomic E-state index is 11.9. The van der Waals surface area contributed by atoms with Crippen LogP contribution < -0.4 is 0 Å². The molecule has 0 aliphatic rings. The molecule has 0 fully saturated rings. The second-order valence-electron chi connectivity index (χ2n) is 4.58. The lowest BCUT2D eigenvalue weighted by molar-refractivity contribution is -0.137. The first-order chi connectivity index (χ1) is 11.7. The highest BCUT2D eigenvalue weighted by Gasteiger charge is 2.12. The molecule has 0 N–H and O–H groups in total. The molecule has 6 heteroatoms. The molecule has 2 aromatic heterocycles. The van der Waals surface area contributed by atoms with Crippen LogP contribution in [0.3, 0.4) is 0 Å². The van der Waals surface area contributed by atoms with Crippen LogP contribution in [0.4, 0.5) is 0 Å². The maximum atomic E-state index is 11.9. The normalized spacial score (nSPS) is 12.0. The van der Waals surface area contributed by atoms with Gasteiger partial charge in [0.05, 0.1) is 14.2 Å². The molecular formula is C17H14N4O2. The number of esters is 1. The first-order valence-electron chi connectivity index (χ1n) is 7.58. The predicted molar refractivity (Wildman–Crippen MR) is 85.3 cm³/mol. The standard InChI is InChI=1S/C17H14N4O2/c1-2-23-15(22)10-13(12-6-4-3-5-7-12)16-20-11-14-17(21-16)19-9-8-18-14/h3-11H,2H2,1H3/i9D. The number of hydrogen-bond donors (Lipinski definition) is 0. The molecule has 114 valence electrons. The summed E-state index contributed by atoms with van der Waals surface area (Å²) >= 11 is 0. The molecule has 0 amide bonds. The number of nitrogens with zero attached hydrogens (tertiary/aromatic N) is 4. The van der Waals surface area contributed by atoms with E-state index in [1.807, 2.05) is 30.3 Å². The maximum Gasteiger partial charge on any atom is 0.331 e. The van der Waals surface area contributed by atoms with Gasteiger partial charge in [-0.05, 0) is 12.5 Å². The molecule has 0 aliphatic carbocycles. The number of hydrogen-bond acceptors (Lipinski definition) is 6. The average molecular weight is 307 g/mol. The van der Waals surface area contributed by atoms with Crippen molar-refractivity contribution in [3.63, 3.8) is 0 Å². The third-order valence-corrected chi connectivity index (χ3v) is 3.06. The average Bonchev–Trinajstić information content (AvgIpc) is 2.60. The van der Waals surface area contributed by atoms with Gasteiger partial charge in [0.2, 0.25) is 0 Å². The van der Waals surface area contributed by atoms with Gasteiger partial charge in [0.25, 0.3) is 0 Å². The molecule has 6 nitrogen and oxygen atoms in total. The minimum absolute atomic E-state index is 0.0165. The van der Waals surface area contributed by atoms with Crippen LogP contribution >= 0.6 is 0 Å². The molecule has 0 spiro atoms. The van der Waals surface area contributed by atoms with Crippen LogP contribution in [0.25, 0.3) is 16.7 Å². The molecule has 0 radical (unpaired) electrons. The van der Waals surface area contributed by atoms with Crippen molar-refractivity contribution in [2.24, 2.45) is 0 Å². The summed E-state index contributed by atoms with van der Waals surface area (Å²) in [5.74, 6) is -0.151. The van der Waals surface area contributed by atoms with E-state index in [4.69, 9.17) is 6.11 Å². The second kappa shape index (κ2) is 6.74. The zero-order chi connectivity index (χ0) is 16.9. The van der Waals surface area contributed by atoms with Gasteiger partial charge >= 0.3 is 5.97 Å². The summed E-state index contributed by atoms with van der Waals surface area (Å²) in [6, 6.07) is 9.30. The quantitative estimate of drug-likeness (QED) is 0.544. The largest absolute Gasteiger partial charge is 0.463 e. The molecule has 23 heavy (non-hydrogen) atoms. The molecular weight excluding hydrogens is 292 g/mol. The Kier molecular flexibility index (Phi) is 3.96. The van der Waals surface area contributed by atoms with E-state index in [9.17, 15) is 4.79 Å². The van der Waals surface area contributed by atoms with E-state index in [1.165, 1.54) is 18.5 Å². The number of carbonyl (C=O) groups is 1. The number of rotatable bonds is 4. The summed E-state index contributed by atoms with van der Waals surface area (Å²) < 4.78 is 12.6. The highest BCUT2D eigenvalue weighted by Crippen LogP contribution is 2.21. The lowest BCUT2D eigenvalue weighted by Gasteiger charge is -2.07. The van der Waals surface area contributed by atoms with Gasteiger partial charge in [0.1, 0.15) is 5.52 Å². The molecule has 0 bridgehead atoms. The van der Waals surface area contributed by atoms with Crippen LogP contribution in [0.15, 0.2) is 55.0 Å². The predicted octanol–water partition coefficient (Wildman–Crippen LogP) is 2.41. The van der Waals surface area contributed by atoms with Crippen LogP contribution in [-0.4, -0.2) is 32.5 Å². The van der Waals surface area contributed by atoms with E-state index < -0.39 is 5.97 Å². The fraction of sp³-hybridized carbons (Fsp3) is 0.118. The van der Waals surface area contributed by atoms with E-state index >= 15 is 0 Å². The van der Waals surface area contributed by atoms with Crippen molar-refractivity contribution >= 4 is 22.7 Å². The molecule has 0 atom stereocenters. The Morgan fingerprint density at radius 1 is 1.26 bits per heavy atom. The van der Waals surface area contributed by atoms with Crippen LogP contribution in [0.2, 0.25) is 0 Å². The number of aromatic nitrogens is 4. The van der Waals surface area contributed by atoms with Gasteiger partial charge in [-0.25, -0.2) is 24.7 Å². The van der Waals surface area contributed by atoms with Gasteiger partial charge < -0.3 is 4.74 Å². The van der Waals surface area contributed by atoms with E-state index in [2.05, 4.69) is 19.9 Å². The summed E-state index contributed by atoms with van der Waals surface area (Å²) in [5.41, 5.74) is 2.09. The highest BCUT2D eigenvalue weighted by molar-refractivity contribution is 5.95. The van der Waals surface area contributed by atoms with Crippen LogP contribution in [-0.2, 0) is 9.53 Å². The Balaban J connectivity index is 2.13. The van der Waals surface area contributed by atoms with Crippen LogP contribution in [0.1, 0.15) is 19.7 Å². The Bertz CT molecular complexity index is 913. The van der Waals surface area contributed by atoms with Gasteiger partial charge in [-0.2, -0.15) is 0 Å². The summed E-state index contributed by atoms with van der Waals surface area (Å²) in [6.07, 6.45) is 4.23. The molecule has 0 unspecified atom stereocenters. The fourth-order valence-electron chi connectivity index (χ4n) is 2.05. The minimum Gasteiger partial charge on any atom is -0.463 e. The Labute approximate surface area is 134 Å². The van der Waals surface area contributed by atoms with Gasteiger partial charge in [-0.1, -0.05) is 30.3 Å². The highest BCUT2D eigenvalue weighted by atomic mass is 16.5. The molecule has 2 heterocycles. The van der Waals surface area contributed by atoms with Crippen molar-refractivity contribution in [2.45, 2.75) is 6.92 Å². The van der Waals surface area contributed by atoms with Crippen LogP contribution in [0, 0.1) is 0 Å². The van der Waals surface area contributed by atoms with Crippen molar-refractivity contribution in [1.29, 1.82) is 0 Å². The monoisotopic (exact) mass is 307 g/mol. The number of benzene rings is 1. The lowest BCUT2D eigenvalue weighted by atomic mass is 10.0. The first kappa shape index (κ1) is 13.5. The van der Waals surface area contributed by atoms with Gasteiger partial charge in [-0.3, -0.25) is 0 Å². The van der Waals surface area contributed by atoms with Crippen molar-refractivity contribution in [2.75, 3.05) is 6.61 Å². The summed E-state index contributed by atoms with van der Waals surface area (Å²) in [4.78, 5) is 28.6. The van der Waals surface area contributed by atoms with E-state index in [1.54, 1.807) is 6.92 Å². The van der Waals surface area contributed by atoms with Gasteiger partial charge in [0, 0.05) is 24.0 Å². The van der Waals surface area contributed by atoms with E-state index in [0.29, 0.717) is 22.6 Å². The minimum atomic E-state index is -0.472. The molecule has 0 saturated carbocycles. The van der Waals surface area contributed by atoms with Crippen molar-refractivity contribution in [3.8, 4) is 0 Å². The Hall–Kier alpha value is -3.15. The zero-order valence-electron chi connectivity index (χ0n) is 13.4. The number of fused-ring (bicyclic) bond motifs is 1. The second-order valence-corrected chi connectivity index (χ2v) is 4.58. The number of carbonyl (C=O) groups excluding carboxylic acids is 1. The summed E-state index contributed by atoms with van der Waals surface area (Å²) in [6.45, 7) is 2.02. The van der Waals surface area contributed by atoms with Gasteiger partial charge in [-0.15, -0.1) is 0 Å². The fourth-order valence-corrected chi connectivity index (χ4v) is 2.05. The summed E-state index contributed by atoms with van der Waals surface area (Å²) in [7, 11) is 0. The number of ether oxygens (including phenoxy) is 1. The third kappa shape index (κ3) is 3.37. The molecule has 0 saturated heterocycles. The molecule has 0 aliphatic heterocycles. The van der Waals surface area contributed by atoms with E-state index in [-0.39, 0.29) is 12.8 Å². The molecule has 3 aromatic rings. The van der Waals surface area contributed by atoms with Crippen molar-refractivity contribution in [3.05, 3.63) is 66.4 Å². The van der Waals surface area contributed by atoms with Crippen molar-refractivity contribution in [1.82, 2.24) is 19.9 Å². The summed E-state index contributed by atoms with van der Waals surface area (Å²) in [5, 5.41) is 0. The van der Waals surface area contributed by atoms with Gasteiger partial charge in [0.15, 0.2) is 11.5 Å². The van der Waals surface area contributed by atoms with Crippen molar-refractivity contribution < 1.29 is 10.9 Å². The lowest BCUT2D eigenvalue weighted by Crippen LogP contribution is -2.04. The third-order valence-electron chi connectivity index (χ3n) is 3.06. The molecule has 1 aromatic carbocycles. The Morgan fingerprint density at radius 3 is 2.87 bits per heavy atom. The van der Waals surface area contributed by atoms with Crippen LogP contribution in [0.5, 0.6) is 0 Å².